The average Bonchev–Trinajstić information content (AvgIpc) is 3.23. The molecule has 35 heavy (non-hydrogen) atoms. The van der Waals surface area contributed by atoms with E-state index in [2.05, 4.69) is 15.2 Å². The molecule has 10 heteroatoms. The van der Waals surface area contributed by atoms with Crippen molar-refractivity contribution >= 4 is 34.5 Å². The summed E-state index contributed by atoms with van der Waals surface area (Å²) in [6, 6.07) is 15.0. The number of imidazole rings is 1. The quantitative estimate of drug-likeness (QED) is 0.440. The maximum Gasteiger partial charge on any atom is 0.322 e. The topological polar surface area (TPSA) is 75.5 Å². The highest BCUT2D eigenvalue weighted by molar-refractivity contribution is 6.31. The molecule has 1 N–H and O–H groups in total. The summed E-state index contributed by atoms with van der Waals surface area (Å²) in [4.78, 5) is 26.1. The van der Waals surface area contributed by atoms with Crippen molar-refractivity contribution in [1.82, 2.24) is 24.3 Å². The van der Waals surface area contributed by atoms with E-state index in [1.54, 1.807) is 48.5 Å². The summed E-state index contributed by atoms with van der Waals surface area (Å²) >= 11 is 6.08. The van der Waals surface area contributed by atoms with Gasteiger partial charge in [0.05, 0.1) is 19.3 Å². The second-order valence-corrected chi connectivity index (χ2v) is 8.66. The Kier molecular flexibility index (Phi) is 6.52. The molecule has 3 heterocycles. The molecule has 180 valence electrons. The number of pyridine rings is 1. The van der Waals surface area contributed by atoms with E-state index in [0.29, 0.717) is 49.2 Å². The second-order valence-electron chi connectivity index (χ2n) is 8.22. The van der Waals surface area contributed by atoms with Crippen molar-refractivity contribution in [3.8, 4) is 11.4 Å². The predicted octanol–water partition coefficient (Wildman–Crippen LogP) is 4.57. The number of nitrogens with zero attached hydrogens (tertiary/aromatic N) is 5. The van der Waals surface area contributed by atoms with E-state index in [1.807, 2.05) is 16.7 Å². The van der Waals surface area contributed by atoms with Gasteiger partial charge in [-0.15, -0.1) is 0 Å². The fraction of sp³-hybridized carbons (Fsp3) is 0.240. The Morgan fingerprint density at radius 3 is 2.63 bits per heavy atom. The molecule has 2 amide bonds. The Labute approximate surface area is 206 Å². The summed E-state index contributed by atoms with van der Waals surface area (Å²) in [6.45, 7) is 3.05. The average molecular weight is 495 g/mol. The minimum Gasteiger partial charge on any atom is -0.495 e. The minimum atomic E-state index is -0.294. The summed E-state index contributed by atoms with van der Waals surface area (Å²) in [6.07, 6.45) is 1.72. The first-order chi connectivity index (χ1) is 17.0. The number of nitrogens with one attached hydrogen (secondary N) is 1. The molecule has 5 rings (SSSR count). The number of fused-ring (bicyclic) bond motifs is 1. The molecule has 0 spiro atoms. The van der Waals surface area contributed by atoms with Gasteiger partial charge in [-0.3, -0.25) is 9.47 Å². The van der Waals surface area contributed by atoms with Gasteiger partial charge < -0.3 is 15.0 Å². The van der Waals surface area contributed by atoms with Crippen LogP contribution in [-0.2, 0) is 6.54 Å². The summed E-state index contributed by atoms with van der Waals surface area (Å²) in [5.74, 6) is 1.07. The predicted molar refractivity (Wildman–Crippen MR) is 133 cm³/mol. The van der Waals surface area contributed by atoms with Gasteiger partial charge in [-0.05, 0) is 54.6 Å². The van der Waals surface area contributed by atoms with Crippen molar-refractivity contribution in [2.24, 2.45) is 0 Å². The van der Waals surface area contributed by atoms with Gasteiger partial charge in [0.25, 0.3) is 0 Å². The van der Waals surface area contributed by atoms with Crippen LogP contribution in [0.4, 0.5) is 14.9 Å². The Hall–Kier alpha value is -3.69. The van der Waals surface area contributed by atoms with Crippen molar-refractivity contribution in [2.75, 3.05) is 38.6 Å². The van der Waals surface area contributed by atoms with Gasteiger partial charge in [-0.1, -0.05) is 11.6 Å². The van der Waals surface area contributed by atoms with E-state index < -0.39 is 0 Å². The maximum absolute atomic E-state index is 13.5. The molecular weight excluding hydrogens is 471 g/mol. The molecule has 4 aromatic rings. The van der Waals surface area contributed by atoms with Crippen LogP contribution >= 0.6 is 11.6 Å². The molecule has 1 saturated heterocycles. The first-order valence-electron chi connectivity index (χ1n) is 11.2. The molecule has 0 unspecified atom stereocenters. The Morgan fingerprint density at radius 2 is 1.89 bits per heavy atom. The molecule has 1 fully saturated rings. The zero-order chi connectivity index (χ0) is 24.4. The molecule has 1 aliphatic heterocycles. The Morgan fingerprint density at radius 1 is 1.11 bits per heavy atom. The van der Waals surface area contributed by atoms with E-state index >= 15 is 0 Å². The number of benzene rings is 2. The lowest BCUT2D eigenvalue weighted by atomic mass is 10.2. The number of carbonyl (C=O) groups is 1. The molecule has 1 aliphatic rings. The normalized spacial score (nSPS) is 14.3. The van der Waals surface area contributed by atoms with Gasteiger partial charge in [0, 0.05) is 43.1 Å². The SMILES string of the molecule is COc1ccc(Cl)cc1NC(=O)N1CCN(Cc2nc3cccnc3n2-c2ccc(F)cc2)CC1. The highest BCUT2D eigenvalue weighted by Gasteiger charge is 2.24. The van der Waals surface area contributed by atoms with Crippen LogP contribution in [0.3, 0.4) is 0 Å². The third-order valence-corrected chi connectivity index (χ3v) is 6.23. The standard InChI is InChI=1S/C25H24ClFN6O2/c1-35-22-9-4-17(26)15-21(22)30-25(34)32-13-11-31(12-14-32)16-23-29-20-3-2-10-28-24(20)33(23)19-7-5-18(27)6-8-19/h2-10,15H,11-14,16H2,1H3,(H,30,34). The number of methoxy groups -OCH3 is 1. The number of urea groups is 1. The van der Waals surface area contributed by atoms with Crippen molar-refractivity contribution < 1.29 is 13.9 Å². The van der Waals surface area contributed by atoms with Crippen molar-refractivity contribution in [3.63, 3.8) is 0 Å². The number of piperazine rings is 1. The number of rotatable bonds is 5. The molecule has 0 atom stereocenters. The van der Waals surface area contributed by atoms with Crippen LogP contribution in [0, 0.1) is 5.82 Å². The van der Waals surface area contributed by atoms with Gasteiger partial charge in [0.1, 0.15) is 22.9 Å². The number of hydrogen-bond donors (Lipinski definition) is 1. The lowest BCUT2D eigenvalue weighted by Gasteiger charge is -2.34. The first kappa shape index (κ1) is 23.1. The Balaban J connectivity index is 1.28. The zero-order valence-corrected chi connectivity index (χ0v) is 19.9. The second kappa shape index (κ2) is 9.89. The third-order valence-electron chi connectivity index (χ3n) is 6.00. The first-order valence-corrected chi connectivity index (χ1v) is 11.6. The van der Waals surface area contributed by atoms with Crippen molar-refractivity contribution in [2.45, 2.75) is 6.54 Å². The van der Waals surface area contributed by atoms with Crippen LogP contribution in [0.1, 0.15) is 5.82 Å². The number of aromatic nitrogens is 3. The van der Waals surface area contributed by atoms with Gasteiger partial charge in [0.15, 0.2) is 5.65 Å². The van der Waals surface area contributed by atoms with E-state index in [0.717, 1.165) is 22.7 Å². The molecule has 0 radical (unpaired) electrons. The van der Waals surface area contributed by atoms with Crippen LogP contribution < -0.4 is 10.1 Å². The number of amides is 2. The molecule has 2 aromatic carbocycles. The number of anilines is 1. The minimum absolute atomic E-state index is 0.201. The van der Waals surface area contributed by atoms with Gasteiger partial charge in [-0.25, -0.2) is 19.2 Å². The fourth-order valence-electron chi connectivity index (χ4n) is 4.21. The van der Waals surface area contributed by atoms with Crippen molar-refractivity contribution in [1.29, 1.82) is 0 Å². The number of hydrogen-bond acceptors (Lipinski definition) is 5. The molecular formula is C25H24ClFN6O2. The van der Waals surface area contributed by atoms with E-state index in [9.17, 15) is 9.18 Å². The van der Waals surface area contributed by atoms with Crippen LogP contribution in [0.2, 0.25) is 5.02 Å². The lowest BCUT2D eigenvalue weighted by Crippen LogP contribution is -2.49. The highest BCUT2D eigenvalue weighted by atomic mass is 35.5. The Bertz CT molecular complexity index is 1350. The molecule has 8 nitrogen and oxygen atoms in total. The molecule has 0 bridgehead atoms. The fourth-order valence-corrected chi connectivity index (χ4v) is 4.38. The number of ether oxygens (including phenoxy) is 1. The van der Waals surface area contributed by atoms with E-state index in [-0.39, 0.29) is 11.8 Å². The van der Waals surface area contributed by atoms with Crippen LogP contribution in [-0.4, -0.2) is 63.7 Å². The largest absolute Gasteiger partial charge is 0.495 e. The van der Waals surface area contributed by atoms with Gasteiger partial charge >= 0.3 is 6.03 Å². The number of carbonyl (C=O) groups excluding carboxylic acids is 1. The summed E-state index contributed by atoms with van der Waals surface area (Å²) < 4.78 is 20.8. The number of halogens is 2. The highest BCUT2D eigenvalue weighted by Crippen LogP contribution is 2.28. The van der Waals surface area contributed by atoms with Gasteiger partial charge in [-0.2, -0.15) is 0 Å². The van der Waals surface area contributed by atoms with E-state index in [1.165, 1.54) is 12.1 Å². The monoisotopic (exact) mass is 494 g/mol. The molecule has 0 aliphatic carbocycles. The molecule has 0 saturated carbocycles. The maximum atomic E-state index is 13.5. The van der Waals surface area contributed by atoms with Gasteiger partial charge in [0.2, 0.25) is 0 Å². The summed E-state index contributed by atoms with van der Waals surface area (Å²) in [7, 11) is 1.55. The summed E-state index contributed by atoms with van der Waals surface area (Å²) in [5, 5.41) is 3.41. The summed E-state index contributed by atoms with van der Waals surface area (Å²) in [5.41, 5.74) is 2.84. The third kappa shape index (κ3) is 4.91. The smallest absolute Gasteiger partial charge is 0.322 e. The lowest BCUT2D eigenvalue weighted by molar-refractivity contribution is 0.140. The van der Waals surface area contributed by atoms with Crippen molar-refractivity contribution in [3.05, 3.63) is 77.5 Å². The van der Waals surface area contributed by atoms with Crippen LogP contribution in [0.15, 0.2) is 60.8 Å². The zero-order valence-electron chi connectivity index (χ0n) is 19.1. The van der Waals surface area contributed by atoms with Crippen LogP contribution in [0.25, 0.3) is 16.9 Å². The molecule has 2 aromatic heterocycles. The van der Waals surface area contributed by atoms with Crippen LogP contribution in [0.5, 0.6) is 5.75 Å². The van der Waals surface area contributed by atoms with E-state index in [4.69, 9.17) is 21.3 Å².